The molecule has 8 heteroatoms. The average molecular weight is 259 g/mol. The van der Waals surface area contributed by atoms with Crippen molar-refractivity contribution < 1.29 is 31.1 Å². The van der Waals surface area contributed by atoms with Gasteiger partial charge in [0.2, 0.25) is 5.88 Å². The number of hydrogen-bond donors (Lipinski definition) is 0. The number of halogens is 6. The van der Waals surface area contributed by atoms with Gasteiger partial charge < -0.3 is 4.74 Å². The summed E-state index contributed by atoms with van der Waals surface area (Å²) in [7, 11) is 0. The number of hydrogen-bond acceptors (Lipinski definition) is 2. The van der Waals surface area contributed by atoms with E-state index in [-0.39, 0.29) is 0 Å². The molecule has 0 amide bonds. The summed E-state index contributed by atoms with van der Waals surface area (Å²) < 4.78 is 76.8. The molecular weight excluding hydrogens is 252 g/mol. The third kappa shape index (κ3) is 4.49. The zero-order valence-electron chi connectivity index (χ0n) is 8.27. The van der Waals surface area contributed by atoms with E-state index in [0.29, 0.717) is 6.07 Å². The van der Waals surface area contributed by atoms with E-state index in [0.717, 1.165) is 12.3 Å². The van der Waals surface area contributed by atoms with Crippen molar-refractivity contribution in [3.05, 3.63) is 23.9 Å². The maximum atomic E-state index is 12.4. The molecule has 0 spiro atoms. The van der Waals surface area contributed by atoms with Crippen LogP contribution >= 0.6 is 0 Å². The molecule has 1 rings (SSSR count). The number of ether oxygens (including phenoxy) is 1. The molecule has 0 atom stereocenters. The molecule has 1 aromatic heterocycles. The smallest absolute Gasteiger partial charge is 0.421 e. The molecule has 0 aliphatic carbocycles. The molecule has 0 aliphatic rings. The molecule has 1 heterocycles. The first-order valence-electron chi connectivity index (χ1n) is 4.42. The number of alkyl halides is 6. The maximum absolute atomic E-state index is 12.4. The SMILES string of the molecule is FC(F)(F)CCOc1ncccc1C(F)(F)F. The van der Waals surface area contributed by atoms with Crippen LogP contribution in [-0.4, -0.2) is 17.8 Å². The standard InChI is InChI=1S/C9H7F6NO/c10-8(11,12)3-5-17-7-6(9(13,14)15)2-1-4-16-7/h1-2,4H,3,5H2. The van der Waals surface area contributed by atoms with Crippen molar-refractivity contribution in [3.8, 4) is 5.88 Å². The van der Waals surface area contributed by atoms with Crippen LogP contribution in [0.5, 0.6) is 5.88 Å². The van der Waals surface area contributed by atoms with E-state index in [4.69, 9.17) is 0 Å². The molecule has 96 valence electrons. The van der Waals surface area contributed by atoms with Gasteiger partial charge in [-0.2, -0.15) is 26.3 Å². The van der Waals surface area contributed by atoms with E-state index in [1.165, 1.54) is 0 Å². The zero-order chi connectivity index (χ0) is 13.1. The second kappa shape index (κ2) is 4.80. The van der Waals surface area contributed by atoms with E-state index in [9.17, 15) is 26.3 Å². The number of nitrogens with zero attached hydrogens (tertiary/aromatic N) is 1. The molecule has 0 aromatic carbocycles. The molecule has 1 aromatic rings. The fourth-order valence-electron chi connectivity index (χ4n) is 0.985. The maximum Gasteiger partial charge on any atom is 0.421 e. The van der Waals surface area contributed by atoms with Crippen molar-refractivity contribution in [2.75, 3.05) is 6.61 Å². The summed E-state index contributed by atoms with van der Waals surface area (Å²) in [6, 6.07) is 1.72. The van der Waals surface area contributed by atoms with E-state index < -0.39 is 36.8 Å². The fraction of sp³-hybridized carbons (Fsp3) is 0.444. The van der Waals surface area contributed by atoms with Crippen molar-refractivity contribution in [2.24, 2.45) is 0 Å². The summed E-state index contributed by atoms with van der Waals surface area (Å²) in [5.41, 5.74) is -1.19. The van der Waals surface area contributed by atoms with Crippen molar-refractivity contribution in [3.63, 3.8) is 0 Å². The van der Waals surface area contributed by atoms with Crippen molar-refractivity contribution >= 4 is 0 Å². The number of pyridine rings is 1. The van der Waals surface area contributed by atoms with Gasteiger partial charge in [-0.1, -0.05) is 0 Å². The fourth-order valence-corrected chi connectivity index (χ4v) is 0.985. The second-order valence-corrected chi connectivity index (χ2v) is 3.07. The Labute approximate surface area is 92.2 Å². The van der Waals surface area contributed by atoms with E-state index in [2.05, 4.69) is 9.72 Å². The van der Waals surface area contributed by atoms with Gasteiger partial charge in [-0.05, 0) is 12.1 Å². The normalized spacial score (nSPS) is 12.6. The highest BCUT2D eigenvalue weighted by Crippen LogP contribution is 2.34. The predicted molar refractivity (Wildman–Crippen MR) is 45.4 cm³/mol. The Balaban J connectivity index is 2.72. The van der Waals surface area contributed by atoms with Gasteiger partial charge in [-0.3, -0.25) is 0 Å². The molecule has 0 N–H and O–H groups in total. The molecule has 0 bridgehead atoms. The quantitative estimate of drug-likeness (QED) is 0.776. The summed E-state index contributed by atoms with van der Waals surface area (Å²) in [5.74, 6) is -0.843. The number of aromatic nitrogens is 1. The first-order valence-corrected chi connectivity index (χ1v) is 4.42. The Kier molecular flexibility index (Phi) is 3.84. The van der Waals surface area contributed by atoms with Crippen LogP contribution in [0.3, 0.4) is 0 Å². The summed E-state index contributed by atoms with van der Waals surface area (Å²) in [6.07, 6.45) is -9.51. The van der Waals surface area contributed by atoms with Crippen LogP contribution in [0.25, 0.3) is 0 Å². The molecule has 0 radical (unpaired) electrons. The van der Waals surface area contributed by atoms with Crippen LogP contribution < -0.4 is 4.74 Å². The first-order chi connectivity index (χ1) is 7.70. The van der Waals surface area contributed by atoms with Gasteiger partial charge in [-0.25, -0.2) is 4.98 Å². The lowest BCUT2D eigenvalue weighted by atomic mass is 10.2. The Bertz CT molecular complexity index is 372. The van der Waals surface area contributed by atoms with Gasteiger partial charge in [-0.15, -0.1) is 0 Å². The minimum absolute atomic E-state index is 0.690. The molecular formula is C9H7F6NO. The average Bonchev–Trinajstić information content (AvgIpc) is 2.15. The third-order valence-corrected chi connectivity index (χ3v) is 1.70. The first kappa shape index (κ1) is 13.6. The topological polar surface area (TPSA) is 22.1 Å². The van der Waals surface area contributed by atoms with Crippen LogP contribution in [-0.2, 0) is 6.18 Å². The van der Waals surface area contributed by atoms with Crippen LogP contribution in [0.2, 0.25) is 0 Å². The molecule has 0 saturated carbocycles. The Hall–Kier alpha value is -1.47. The third-order valence-electron chi connectivity index (χ3n) is 1.70. The van der Waals surface area contributed by atoms with E-state index >= 15 is 0 Å². The highest BCUT2D eigenvalue weighted by Gasteiger charge is 2.35. The Morgan fingerprint density at radius 1 is 1.12 bits per heavy atom. The van der Waals surface area contributed by atoms with Gasteiger partial charge in [0.15, 0.2) is 0 Å². The van der Waals surface area contributed by atoms with Gasteiger partial charge in [0, 0.05) is 6.20 Å². The summed E-state index contributed by atoms with van der Waals surface area (Å²) in [4.78, 5) is 3.26. The van der Waals surface area contributed by atoms with E-state index in [1.54, 1.807) is 0 Å². The van der Waals surface area contributed by atoms with Gasteiger partial charge >= 0.3 is 12.4 Å². The lowest BCUT2D eigenvalue weighted by molar-refractivity contribution is -0.143. The molecule has 0 saturated heterocycles. The largest absolute Gasteiger partial charge is 0.477 e. The van der Waals surface area contributed by atoms with Crippen LogP contribution in [0.4, 0.5) is 26.3 Å². The number of rotatable bonds is 3. The van der Waals surface area contributed by atoms with Crippen LogP contribution in [0.1, 0.15) is 12.0 Å². The molecule has 0 aliphatic heterocycles. The lowest BCUT2D eigenvalue weighted by Gasteiger charge is -2.12. The van der Waals surface area contributed by atoms with Crippen LogP contribution in [0.15, 0.2) is 18.3 Å². The summed E-state index contributed by atoms with van der Waals surface area (Å²) in [6.45, 7) is -0.899. The molecule has 0 fully saturated rings. The van der Waals surface area contributed by atoms with Crippen molar-refractivity contribution in [1.82, 2.24) is 4.98 Å². The highest BCUT2D eigenvalue weighted by atomic mass is 19.4. The van der Waals surface area contributed by atoms with Crippen molar-refractivity contribution in [2.45, 2.75) is 18.8 Å². The van der Waals surface area contributed by atoms with Gasteiger partial charge in [0.25, 0.3) is 0 Å². The van der Waals surface area contributed by atoms with Crippen molar-refractivity contribution in [1.29, 1.82) is 0 Å². The Morgan fingerprint density at radius 2 is 1.76 bits per heavy atom. The minimum atomic E-state index is -4.71. The van der Waals surface area contributed by atoms with E-state index in [1.807, 2.05) is 0 Å². The monoisotopic (exact) mass is 259 g/mol. The highest BCUT2D eigenvalue weighted by molar-refractivity contribution is 5.28. The predicted octanol–water partition coefficient (Wildman–Crippen LogP) is 3.43. The lowest BCUT2D eigenvalue weighted by Crippen LogP contribution is -2.15. The second-order valence-electron chi connectivity index (χ2n) is 3.07. The zero-order valence-corrected chi connectivity index (χ0v) is 8.27. The van der Waals surface area contributed by atoms with Crippen LogP contribution in [0, 0.1) is 0 Å². The molecule has 0 unspecified atom stereocenters. The minimum Gasteiger partial charge on any atom is -0.477 e. The molecule has 2 nitrogen and oxygen atoms in total. The Morgan fingerprint density at radius 3 is 2.29 bits per heavy atom. The summed E-state index contributed by atoms with van der Waals surface area (Å²) in [5, 5.41) is 0. The summed E-state index contributed by atoms with van der Waals surface area (Å²) >= 11 is 0. The van der Waals surface area contributed by atoms with Gasteiger partial charge in [0.05, 0.1) is 13.0 Å². The van der Waals surface area contributed by atoms with Gasteiger partial charge in [0.1, 0.15) is 5.56 Å². The molecule has 17 heavy (non-hydrogen) atoms.